The van der Waals surface area contributed by atoms with Crippen molar-refractivity contribution in [3.05, 3.63) is 11.9 Å². The van der Waals surface area contributed by atoms with Crippen LogP contribution in [0.1, 0.15) is 19.5 Å². The molecule has 0 saturated heterocycles. The van der Waals surface area contributed by atoms with Crippen LogP contribution in [0.15, 0.2) is 6.20 Å². The highest BCUT2D eigenvalue weighted by molar-refractivity contribution is 5.76. The molecular weight excluding hydrogens is 214 g/mol. The molecule has 0 amide bonds. The zero-order valence-electron chi connectivity index (χ0n) is 9.30. The molecule has 0 saturated carbocycles. The van der Waals surface area contributed by atoms with Crippen LogP contribution in [-0.4, -0.2) is 39.1 Å². The number of aliphatic carboxylic acids is 1. The Labute approximate surface area is 92.0 Å². The van der Waals surface area contributed by atoms with Gasteiger partial charge in [-0.2, -0.15) is 0 Å². The van der Waals surface area contributed by atoms with Crippen LogP contribution in [0.4, 0.5) is 0 Å². The standard InChI is InChI=1S/C9H13N3O4/c1-9(2,8(14)15)12-6(5-10-11-12)4-7(13)16-3/h5H,4H2,1-3H3,(H,14,15). The second-order valence-corrected chi connectivity index (χ2v) is 3.75. The van der Waals surface area contributed by atoms with Gasteiger partial charge >= 0.3 is 11.9 Å². The molecule has 0 aliphatic heterocycles. The van der Waals surface area contributed by atoms with Gasteiger partial charge in [-0.1, -0.05) is 5.21 Å². The quantitative estimate of drug-likeness (QED) is 0.716. The Morgan fingerprint density at radius 3 is 2.69 bits per heavy atom. The predicted octanol–water partition coefficient (Wildman–Crippen LogP) is -0.187. The van der Waals surface area contributed by atoms with E-state index in [1.165, 1.54) is 31.8 Å². The third-order valence-electron chi connectivity index (χ3n) is 2.23. The van der Waals surface area contributed by atoms with Crippen LogP contribution in [0.5, 0.6) is 0 Å². The van der Waals surface area contributed by atoms with E-state index in [2.05, 4.69) is 15.0 Å². The van der Waals surface area contributed by atoms with Gasteiger partial charge < -0.3 is 9.84 Å². The minimum absolute atomic E-state index is 0.0553. The molecule has 1 rings (SSSR count). The summed E-state index contributed by atoms with van der Waals surface area (Å²) in [7, 11) is 1.26. The number of hydrogen-bond acceptors (Lipinski definition) is 5. The van der Waals surface area contributed by atoms with Crippen LogP contribution in [-0.2, 0) is 26.3 Å². The van der Waals surface area contributed by atoms with Gasteiger partial charge in [-0.25, -0.2) is 9.48 Å². The number of carbonyl (C=O) groups excluding carboxylic acids is 1. The van der Waals surface area contributed by atoms with Gasteiger partial charge in [0, 0.05) is 0 Å². The maximum absolute atomic E-state index is 11.1. The van der Waals surface area contributed by atoms with E-state index in [0.717, 1.165) is 0 Å². The number of hydrogen-bond donors (Lipinski definition) is 1. The fraction of sp³-hybridized carbons (Fsp3) is 0.556. The molecule has 0 unspecified atom stereocenters. The molecule has 16 heavy (non-hydrogen) atoms. The average molecular weight is 227 g/mol. The molecule has 0 aliphatic carbocycles. The van der Waals surface area contributed by atoms with E-state index < -0.39 is 17.5 Å². The van der Waals surface area contributed by atoms with Crippen LogP contribution in [0, 0.1) is 0 Å². The van der Waals surface area contributed by atoms with Crippen molar-refractivity contribution in [1.82, 2.24) is 15.0 Å². The maximum atomic E-state index is 11.1. The molecule has 7 heteroatoms. The SMILES string of the molecule is COC(=O)Cc1cnnn1C(C)(C)C(=O)O. The van der Waals surface area contributed by atoms with Crippen LogP contribution in [0.3, 0.4) is 0 Å². The molecule has 0 fully saturated rings. The van der Waals surface area contributed by atoms with Crippen LogP contribution >= 0.6 is 0 Å². The Hall–Kier alpha value is -1.92. The van der Waals surface area contributed by atoms with Crippen molar-refractivity contribution in [3.8, 4) is 0 Å². The van der Waals surface area contributed by atoms with Crippen molar-refractivity contribution in [1.29, 1.82) is 0 Å². The lowest BCUT2D eigenvalue weighted by atomic mass is 10.1. The van der Waals surface area contributed by atoms with Crippen LogP contribution in [0.2, 0.25) is 0 Å². The molecule has 1 heterocycles. The van der Waals surface area contributed by atoms with E-state index in [9.17, 15) is 9.59 Å². The average Bonchev–Trinajstić information content (AvgIpc) is 2.65. The molecular formula is C9H13N3O4. The first-order valence-electron chi connectivity index (χ1n) is 4.60. The van der Waals surface area contributed by atoms with Gasteiger partial charge in [-0.15, -0.1) is 5.10 Å². The lowest BCUT2D eigenvalue weighted by Gasteiger charge is -2.21. The lowest BCUT2D eigenvalue weighted by molar-refractivity contribution is -0.147. The number of ether oxygens (including phenoxy) is 1. The number of esters is 1. The fourth-order valence-electron chi connectivity index (χ4n) is 1.16. The van der Waals surface area contributed by atoms with Crippen molar-refractivity contribution in [2.24, 2.45) is 0 Å². The van der Waals surface area contributed by atoms with Gasteiger partial charge in [0.2, 0.25) is 0 Å². The monoisotopic (exact) mass is 227 g/mol. The van der Waals surface area contributed by atoms with E-state index in [0.29, 0.717) is 5.69 Å². The highest BCUT2D eigenvalue weighted by atomic mass is 16.5. The third kappa shape index (κ3) is 2.18. The molecule has 7 nitrogen and oxygen atoms in total. The first kappa shape index (κ1) is 12.2. The number of aromatic nitrogens is 3. The summed E-state index contributed by atoms with van der Waals surface area (Å²) in [5, 5.41) is 16.3. The minimum atomic E-state index is -1.25. The summed E-state index contributed by atoms with van der Waals surface area (Å²) >= 11 is 0. The molecule has 0 atom stereocenters. The number of methoxy groups -OCH3 is 1. The molecule has 0 bridgehead atoms. The Balaban J connectivity index is 3.03. The maximum Gasteiger partial charge on any atom is 0.331 e. The summed E-state index contributed by atoms with van der Waals surface area (Å²) in [6.45, 7) is 2.95. The second kappa shape index (κ2) is 4.30. The zero-order chi connectivity index (χ0) is 12.3. The molecule has 88 valence electrons. The summed E-state index contributed by atoms with van der Waals surface area (Å²) in [6, 6.07) is 0. The van der Waals surface area contributed by atoms with Gasteiger partial charge in [0.25, 0.3) is 0 Å². The minimum Gasteiger partial charge on any atom is -0.479 e. The van der Waals surface area contributed by atoms with Crippen LogP contribution < -0.4 is 0 Å². The second-order valence-electron chi connectivity index (χ2n) is 3.75. The highest BCUT2D eigenvalue weighted by Crippen LogP contribution is 2.16. The van der Waals surface area contributed by atoms with Crippen molar-refractivity contribution >= 4 is 11.9 Å². The topological polar surface area (TPSA) is 94.3 Å². The van der Waals surface area contributed by atoms with Crippen molar-refractivity contribution in [2.75, 3.05) is 7.11 Å². The third-order valence-corrected chi connectivity index (χ3v) is 2.23. The molecule has 0 radical (unpaired) electrons. The molecule has 0 aliphatic rings. The molecule has 1 aromatic heterocycles. The predicted molar refractivity (Wildman–Crippen MR) is 52.7 cm³/mol. The number of carbonyl (C=O) groups is 2. The molecule has 0 spiro atoms. The summed E-state index contributed by atoms with van der Waals surface area (Å²) in [5.41, 5.74) is -0.848. The van der Waals surface area contributed by atoms with E-state index >= 15 is 0 Å². The highest BCUT2D eigenvalue weighted by Gasteiger charge is 2.32. The lowest BCUT2D eigenvalue weighted by Crippen LogP contribution is -2.38. The Kier molecular flexibility index (Phi) is 3.26. The summed E-state index contributed by atoms with van der Waals surface area (Å²) in [5.74, 6) is -1.52. The Bertz CT molecular complexity index is 411. The van der Waals surface area contributed by atoms with E-state index in [4.69, 9.17) is 5.11 Å². The zero-order valence-corrected chi connectivity index (χ0v) is 9.30. The van der Waals surface area contributed by atoms with Gasteiger partial charge in [0.15, 0.2) is 5.54 Å². The van der Waals surface area contributed by atoms with E-state index in [1.807, 2.05) is 0 Å². The normalized spacial score (nSPS) is 11.2. The van der Waals surface area contributed by atoms with E-state index in [-0.39, 0.29) is 6.42 Å². The largest absolute Gasteiger partial charge is 0.479 e. The summed E-state index contributed by atoms with van der Waals surface area (Å²) in [6.07, 6.45) is 1.29. The van der Waals surface area contributed by atoms with Gasteiger partial charge in [0.1, 0.15) is 0 Å². The van der Waals surface area contributed by atoms with Crippen molar-refractivity contribution in [2.45, 2.75) is 25.8 Å². The summed E-state index contributed by atoms with van der Waals surface area (Å²) < 4.78 is 5.70. The number of nitrogens with zero attached hydrogens (tertiary/aromatic N) is 3. The number of rotatable bonds is 4. The fourth-order valence-corrected chi connectivity index (χ4v) is 1.16. The molecule has 1 aromatic rings. The van der Waals surface area contributed by atoms with Crippen molar-refractivity contribution in [3.63, 3.8) is 0 Å². The first-order valence-corrected chi connectivity index (χ1v) is 4.60. The van der Waals surface area contributed by atoms with Gasteiger partial charge in [0.05, 0.1) is 25.4 Å². The number of carboxylic acid groups (broad SMARTS) is 1. The van der Waals surface area contributed by atoms with Crippen LogP contribution in [0.25, 0.3) is 0 Å². The van der Waals surface area contributed by atoms with Gasteiger partial charge in [-0.05, 0) is 13.8 Å². The Morgan fingerprint density at radius 1 is 1.56 bits per heavy atom. The molecule has 1 N–H and O–H groups in total. The van der Waals surface area contributed by atoms with Gasteiger partial charge in [-0.3, -0.25) is 4.79 Å². The van der Waals surface area contributed by atoms with Crippen molar-refractivity contribution < 1.29 is 19.4 Å². The number of carboxylic acids is 1. The first-order chi connectivity index (χ1) is 7.39. The Morgan fingerprint density at radius 2 is 2.19 bits per heavy atom. The van der Waals surface area contributed by atoms with E-state index in [1.54, 1.807) is 0 Å². The molecule has 0 aromatic carbocycles. The summed E-state index contributed by atoms with van der Waals surface area (Å²) in [4.78, 5) is 22.1. The smallest absolute Gasteiger partial charge is 0.331 e.